The third-order valence-corrected chi connectivity index (χ3v) is 5.87. The molecule has 3 aromatic heterocycles. The lowest BCUT2D eigenvalue weighted by Crippen LogP contribution is -2.35. The molecule has 1 aromatic carbocycles. The van der Waals surface area contributed by atoms with Gasteiger partial charge in [0.15, 0.2) is 11.4 Å². The second-order valence-corrected chi connectivity index (χ2v) is 8.19. The highest BCUT2D eigenvalue weighted by Gasteiger charge is 2.27. The van der Waals surface area contributed by atoms with Crippen LogP contribution in [0.25, 0.3) is 22.5 Å². The molecular weight excluding hydrogens is 432 g/mol. The summed E-state index contributed by atoms with van der Waals surface area (Å²) in [6.07, 6.45) is 3.50. The molecule has 1 amide bonds. The van der Waals surface area contributed by atoms with Crippen LogP contribution in [0, 0.1) is 6.92 Å². The van der Waals surface area contributed by atoms with Crippen LogP contribution in [-0.4, -0.2) is 27.2 Å². The average Bonchev–Trinajstić information content (AvgIpc) is 3.35. The van der Waals surface area contributed by atoms with Gasteiger partial charge in [-0.3, -0.25) is 9.48 Å². The summed E-state index contributed by atoms with van der Waals surface area (Å²) in [5.41, 5.74) is 4.84. The molecule has 4 heterocycles. The van der Waals surface area contributed by atoms with Gasteiger partial charge >= 0.3 is 0 Å². The molecule has 0 radical (unpaired) electrons. The van der Waals surface area contributed by atoms with Crippen molar-refractivity contribution in [2.24, 2.45) is 7.05 Å². The van der Waals surface area contributed by atoms with Gasteiger partial charge in [0.1, 0.15) is 5.69 Å². The first-order valence-corrected chi connectivity index (χ1v) is 10.3. The van der Waals surface area contributed by atoms with Crippen molar-refractivity contribution in [1.29, 1.82) is 0 Å². The van der Waals surface area contributed by atoms with Crippen LogP contribution in [0.2, 0.25) is 0 Å². The highest BCUT2D eigenvalue weighted by molar-refractivity contribution is 9.10. The number of carbonyl (C=O) groups is 1. The van der Waals surface area contributed by atoms with Crippen LogP contribution in [0.1, 0.15) is 28.0 Å². The van der Waals surface area contributed by atoms with E-state index in [2.05, 4.69) is 27.1 Å². The molecule has 1 aliphatic rings. The largest absolute Gasteiger partial charge is 0.463 e. The minimum absolute atomic E-state index is 0.0374. The number of pyridine rings is 1. The van der Waals surface area contributed by atoms with Crippen molar-refractivity contribution >= 4 is 38.6 Å². The van der Waals surface area contributed by atoms with Gasteiger partial charge < -0.3 is 9.32 Å². The Kier molecular flexibility index (Phi) is 4.28. The number of carbonyl (C=O) groups excluding carboxylic acids is 1. The number of furan rings is 1. The maximum atomic E-state index is 13.8. The number of rotatable bonds is 2. The summed E-state index contributed by atoms with van der Waals surface area (Å²) in [5, 5.41) is 5.29. The van der Waals surface area contributed by atoms with Gasteiger partial charge in [-0.1, -0.05) is 15.9 Å². The van der Waals surface area contributed by atoms with Gasteiger partial charge in [-0.15, -0.1) is 0 Å². The number of benzene rings is 1. The minimum Gasteiger partial charge on any atom is -0.463 e. The molecule has 5 rings (SSSR count). The zero-order chi connectivity index (χ0) is 20.1. The second-order valence-electron chi connectivity index (χ2n) is 7.27. The number of aryl methyl sites for hydroxylation is 3. The van der Waals surface area contributed by atoms with Crippen LogP contribution >= 0.6 is 15.9 Å². The van der Waals surface area contributed by atoms with Gasteiger partial charge in [-0.25, -0.2) is 4.98 Å². The van der Waals surface area contributed by atoms with Gasteiger partial charge in [0.05, 0.1) is 22.9 Å². The van der Waals surface area contributed by atoms with E-state index in [9.17, 15) is 4.79 Å². The molecule has 7 heteroatoms. The lowest BCUT2D eigenvalue weighted by molar-refractivity contribution is 0.0986. The van der Waals surface area contributed by atoms with E-state index in [0.29, 0.717) is 29.2 Å². The van der Waals surface area contributed by atoms with E-state index >= 15 is 0 Å². The van der Waals surface area contributed by atoms with Crippen LogP contribution in [0.3, 0.4) is 0 Å². The molecule has 0 aliphatic carbocycles. The third kappa shape index (κ3) is 2.97. The monoisotopic (exact) mass is 450 g/mol. The van der Waals surface area contributed by atoms with Crippen LogP contribution in [0.15, 0.2) is 51.6 Å². The normalized spacial score (nSPS) is 13.7. The summed E-state index contributed by atoms with van der Waals surface area (Å²) in [7, 11) is 1.84. The Bertz CT molecular complexity index is 1240. The zero-order valence-electron chi connectivity index (χ0n) is 16.1. The molecule has 0 saturated carbocycles. The number of hydrogen-bond donors (Lipinski definition) is 0. The average molecular weight is 451 g/mol. The van der Waals surface area contributed by atoms with Crippen molar-refractivity contribution in [3.05, 3.63) is 64.0 Å². The maximum Gasteiger partial charge on any atom is 0.259 e. The van der Waals surface area contributed by atoms with Crippen LogP contribution in [-0.2, 0) is 13.5 Å². The zero-order valence-corrected chi connectivity index (χ0v) is 17.7. The Morgan fingerprint density at radius 1 is 1.24 bits per heavy atom. The van der Waals surface area contributed by atoms with E-state index in [1.165, 1.54) is 5.56 Å². The molecule has 0 atom stereocenters. The molecule has 0 saturated heterocycles. The number of nitrogens with zero attached hydrogens (tertiary/aromatic N) is 4. The summed E-state index contributed by atoms with van der Waals surface area (Å²) in [6.45, 7) is 2.60. The molecule has 1 aliphatic heterocycles. The first-order chi connectivity index (χ1) is 14.0. The van der Waals surface area contributed by atoms with Gasteiger partial charge in [0.25, 0.3) is 5.91 Å². The standard InChI is InChI=1S/C22H19BrN4O2/c1-13-20-16(12-17(19-6-4-10-29-19)24-21(20)26(2)25-13)22(28)27-9-3-5-14-11-15(23)7-8-18(14)27/h4,6-8,10-12H,3,5,9H2,1-2H3. The molecule has 0 N–H and O–H groups in total. The Hall–Kier alpha value is -2.93. The number of halogens is 1. The molecule has 0 fully saturated rings. The smallest absolute Gasteiger partial charge is 0.259 e. The molecule has 146 valence electrons. The van der Waals surface area contributed by atoms with Crippen molar-refractivity contribution < 1.29 is 9.21 Å². The van der Waals surface area contributed by atoms with Gasteiger partial charge in [-0.05, 0) is 61.7 Å². The fourth-order valence-electron chi connectivity index (χ4n) is 4.09. The van der Waals surface area contributed by atoms with Crippen molar-refractivity contribution in [1.82, 2.24) is 14.8 Å². The Balaban J connectivity index is 1.70. The number of aromatic nitrogens is 3. The van der Waals surface area contributed by atoms with Gasteiger partial charge in [0, 0.05) is 23.8 Å². The van der Waals surface area contributed by atoms with Crippen LogP contribution in [0.5, 0.6) is 0 Å². The third-order valence-electron chi connectivity index (χ3n) is 5.38. The fourth-order valence-corrected chi connectivity index (χ4v) is 4.49. The summed E-state index contributed by atoms with van der Waals surface area (Å²) >= 11 is 3.54. The SMILES string of the molecule is Cc1nn(C)c2nc(-c3ccco3)cc(C(=O)N3CCCc4cc(Br)ccc43)c12. The molecular formula is C22H19BrN4O2. The van der Waals surface area contributed by atoms with Crippen molar-refractivity contribution in [2.45, 2.75) is 19.8 Å². The lowest BCUT2D eigenvalue weighted by atomic mass is 10.00. The van der Waals surface area contributed by atoms with Crippen molar-refractivity contribution in [3.63, 3.8) is 0 Å². The molecule has 0 bridgehead atoms. The fraction of sp³-hybridized carbons (Fsp3) is 0.227. The predicted octanol–water partition coefficient (Wildman–Crippen LogP) is 4.89. The topological polar surface area (TPSA) is 64.2 Å². The van der Waals surface area contributed by atoms with E-state index in [-0.39, 0.29) is 5.91 Å². The number of amides is 1. The summed E-state index contributed by atoms with van der Waals surface area (Å²) in [5.74, 6) is 0.590. The van der Waals surface area contributed by atoms with E-state index in [4.69, 9.17) is 9.40 Å². The van der Waals surface area contributed by atoms with Gasteiger partial charge in [-0.2, -0.15) is 5.10 Å². The van der Waals surface area contributed by atoms with Crippen molar-refractivity contribution in [3.8, 4) is 11.5 Å². The lowest BCUT2D eigenvalue weighted by Gasteiger charge is -2.30. The Labute approximate surface area is 176 Å². The quantitative estimate of drug-likeness (QED) is 0.435. The summed E-state index contributed by atoms with van der Waals surface area (Å²) in [6, 6.07) is 11.6. The van der Waals surface area contributed by atoms with E-state index < -0.39 is 0 Å². The minimum atomic E-state index is -0.0374. The Morgan fingerprint density at radius 3 is 2.90 bits per heavy atom. The molecule has 0 spiro atoms. The molecule has 0 unspecified atom stereocenters. The molecule has 29 heavy (non-hydrogen) atoms. The van der Waals surface area contributed by atoms with E-state index in [0.717, 1.165) is 34.1 Å². The molecule has 6 nitrogen and oxygen atoms in total. The number of anilines is 1. The first kappa shape index (κ1) is 18.1. The predicted molar refractivity (Wildman–Crippen MR) is 115 cm³/mol. The highest BCUT2D eigenvalue weighted by Crippen LogP contribution is 2.33. The summed E-state index contributed by atoms with van der Waals surface area (Å²) in [4.78, 5) is 20.3. The van der Waals surface area contributed by atoms with Crippen molar-refractivity contribution in [2.75, 3.05) is 11.4 Å². The Morgan fingerprint density at radius 2 is 2.10 bits per heavy atom. The molecule has 4 aromatic rings. The van der Waals surface area contributed by atoms with E-state index in [1.54, 1.807) is 10.9 Å². The summed E-state index contributed by atoms with van der Waals surface area (Å²) < 4.78 is 8.29. The number of fused-ring (bicyclic) bond motifs is 2. The van der Waals surface area contributed by atoms with Crippen LogP contribution < -0.4 is 4.90 Å². The maximum absolute atomic E-state index is 13.8. The van der Waals surface area contributed by atoms with E-state index in [1.807, 2.05) is 49.2 Å². The highest BCUT2D eigenvalue weighted by atomic mass is 79.9. The van der Waals surface area contributed by atoms with Gasteiger partial charge in [0.2, 0.25) is 0 Å². The van der Waals surface area contributed by atoms with Crippen LogP contribution in [0.4, 0.5) is 5.69 Å². The second kappa shape index (κ2) is 6.84. The first-order valence-electron chi connectivity index (χ1n) is 9.51. The number of hydrogen-bond acceptors (Lipinski definition) is 4.